The van der Waals surface area contributed by atoms with Gasteiger partial charge in [-0.1, -0.05) is 48.5 Å². The highest BCUT2D eigenvalue weighted by molar-refractivity contribution is 7.94. The van der Waals surface area contributed by atoms with Crippen LogP contribution in [0.2, 0.25) is 0 Å². The number of rotatable bonds is 4. The molecule has 0 unspecified atom stereocenters. The summed E-state index contributed by atoms with van der Waals surface area (Å²) in [7, 11) is -3.32. The summed E-state index contributed by atoms with van der Waals surface area (Å²) in [6.07, 6.45) is 2.32. The van der Waals surface area contributed by atoms with E-state index in [-0.39, 0.29) is 0 Å². The van der Waals surface area contributed by atoms with Crippen molar-refractivity contribution in [3.63, 3.8) is 0 Å². The van der Waals surface area contributed by atoms with Gasteiger partial charge in [-0.25, -0.2) is 8.42 Å². The van der Waals surface area contributed by atoms with Crippen LogP contribution in [0, 0.1) is 6.92 Å². The lowest BCUT2D eigenvalue weighted by Gasteiger charge is -2.01. The Morgan fingerprint density at radius 3 is 2.26 bits per heavy atom. The van der Waals surface area contributed by atoms with Crippen LogP contribution in [-0.4, -0.2) is 8.42 Å². The fourth-order valence-electron chi connectivity index (χ4n) is 1.83. The zero-order valence-electron chi connectivity index (χ0n) is 10.8. The summed E-state index contributed by atoms with van der Waals surface area (Å²) in [5, 5.41) is 1.29. The van der Waals surface area contributed by atoms with Crippen molar-refractivity contribution in [1.82, 2.24) is 0 Å². The first-order valence-corrected chi connectivity index (χ1v) is 7.65. The van der Waals surface area contributed by atoms with Gasteiger partial charge >= 0.3 is 0 Å². The molecule has 0 aliphatic heterocycles. The molecular weight excluding hydrogens is 256 g/mol. The molecule has 19 heavy (non-hydrogen) atoms. The Hall–Kier alpha value is -1.87. The Bertz CT molecular complexity index is 671. The molecule has 0 saturated carbocycles. The van der Waals surface area contributed by atoms with Gasteiger partial charge in [0, 0.05) is 5.41 Å². The predicted octanol–water partition coefficient (Wildman–Crippen LogP) is 3.53. The molecule has 0 aliphatic rings. The lowest BCUT2D eigenvalue weighted by Crippen LogP contribution is -1.96. The maximum atomic E-state index is 12.0. The van der Waals surface area contributed by atoms with Crippen molar-refractivity contribution in [2.75, 3.05) is 0 Å². The summed E-state index contributed by atoms with van der Waals surface area (Å²) >= 11 is 0. The number of aryl methyl sites for hydroxylation is 1. The molecule has 0 spiro atoms. The van der Waals surface area contributed by atoms with Gasteiger partial charge in [-0.05, 0) is 36.6 Å². The average molecular weight is 272 g/mol. The van der Waals surface area contributed by atoms with Gasteiger partial charge in [0.2, 0.25) is 0 Å². The molecule has 0 aliphatic carbocycles. The highest BCUT2D eigenvalue weighted by Gasteiger charge is 2.08. The molecule has 0 fully saturated rings. The number of hydrogen-bond acceptors (Lipinski definition) is 2. The summed E-state index contributed by atoms with van der Waals surface area (Å²) in [4.78, 5) is 0.330. The molecule has 0 bridgehead atoms. The maximum Gasteiger partial charge on any atom is 0.199 e. The largest absolute Gasteiger partial charge is 0.219 e. The standard InChI is InChI=1S/C16H16O2S/c1-14-8-5-6-9-15(14)10-7-13-19(17,18)16-11-3-2-4-12-16/h2-9,11-13H,10H2,1H3/b13-7+. The van der Waals surface area contributed by atoms with Crippen molar-refractivity contribution < 1.29 is 8.42 Å². The van der Waals surface area contributed by atoms with Crippen LogP contribution in [0.15, 0.2) is 71.0 Å². The lowest BCUT2D eigenvalue weighted by atomic mass is 10.1. The average Bonchev–Trinajstić information content (AvgIpc) is 2.42. The van der Waals surface area contributed by atoms with Gasteiger partial charge in [-0.2, -0.15) is 0 Å². The molecule has 0 atom stereocenters. The van der Waals surface area contributed by atoms with E-state index in [1.54, 1.807) is 36.4 Å². The second-order valence-electron chi connectivity index (χ2n) is 4.36. The van der Waals surface area contributed by atoms with Crippen LogP contribution >= 0.6 is 0 Å². The van der Waals surface area contributed by atoms with E-state index in [0.29, 0.717) is 11.3 Å². The van der Waals surface area contributed by atoms with E-state index in [4.69, 9.17) is 0 Å². The number of allylic oxidation sites excluding steroid dienone is 1. The fraction of sp³-hybridized carbons (Fsp3) is 0.125. The topological polar surface area (TPSA) is 34.1 Å². The van der Waals surface area contributed by atoms with Crippen molar-refractivity contribution in [1.29, 1.82) is 0 Å². The van der Waals surface area contributed by atoms with Gasteiger partial charge in [-0.15, -0.1) is 0 Å². The third-order valence-corrected chi connectivity index (χ3v) is 4.43. The molecule has 0 N–H and O–H groups in total. The number of sulfone groups is 1. The molecule has 0 aromatic heterocycles. The highest BCUT2D eigenvalue weighted by atomic mass is 32.2. The molecular formula is C16H16O2S. The third-order valence-electron chi connectivity index (χ3n) is 2.95. The van der Waals surface area contributed by atoms with E-state index in [9.17, 15) is 8.42 Å². The van der Waals surface area contributed by atoms with Gasteiger partial charge in [-0.3, -0.25) is 0 Å². The predicted molar refractivity (Wildman–Crippen MR) is 77.7 cm³/mol. The monoisotopic (exact) mass is 272 g/mol. The Balaban J connectivity index is 2.14. The van der Waals surface area contributed by atoms with Crippen LogP contribution in [0.4, 0.5) is 0 Å². The van der Waals surface area contributed by atoms with E-state index in [1.807, 2.05) is 31.2 Å². The van der Waals surface area contributed by atoms with Gasteiger partial charge in [0.05, 0.1) is 4.90 Å². The van der Waals surface area contributed by atoms with Crippen LogP contribution in [-0.2, 0) is 16.3 Å². The van der Waals surface area contributed by atoms with E-state index in [0.717, 1.165) is 5.56 Å². The quantitative estimate of drug-likeness (QED) is 0.853. The summed E-state index contributed by atoms with van der Waals surface area (Å²) in [6, 6.07) is 16.4. The Kier molecular flexibility index (Phi) is 4.17. The lowest BCUT2D eigenvalue weighted by molar-refractivity contribution is 0.604. The molecule has 3 heteroatoms. The zero-order chi connectivity index (χ0) is 13.7. The van der Waals surface area contributed by atoms with Crippen LogP contribution in [0.3, 0.4) is 0 Å². The van der Waals surface area contributed by atoms with E-state index in [2.05, 4.69) is 0 Å². The van der Waals surface area contributed by atoms with E-state index in [1.165, 1.54) is 11.0 Å². The number of benzene rings is 2. The Morgan fingerprint density at radius 1 is 0.947 bits per heavy atom. The first-order valence-electron chi connectivity index (χ1n) is 6.11. The van der Waals surface area contributed by atoms with E-state index >= 15 is 0 Å². The third kappa shape index (κ3) is 3.55. The second kappa shape index (κ2) is 5.85. The Morgan fingerprint density at radius 2 is 1.58 bits per heavy atom. The minimum absolute atomic E-state index is 0.330. The first kappa shape index (κ1) is 13.6. The molecule has 2 nitrogen and oxygen atoms in total. The van der Waals surface area contributed by atoms with Gasteiger partial charge in [0.1, 0.15) is 0 Å². The highest BCUT2D eigenvalue weighted by Crippen LogP contribution is 2.13. The van der Waals surface area contributed by atoms with Crippen LogP contribution in [0.5, 0.6) is 0 Å². The van der Waals surface area contributed by atoms with Crippen molar-refractivity contribution in [2.45, 2.75) is 18.2 Å². The van der Waals surface area contributed by atoms with Crippen molar-refractivity contribution in [2.24, 2.45) is 0 Å². The van der Waals surface area contributed by atoms with Gasteiger partial charge < -0.3 is 0 Å². The SMILES string of the molecule is Cc1ccccc1C/C=C/S(=O)(=O)c1ccccc1. The molecule has 2 rings (SSSR count). The minimum atomic E-state index is -3.32. The molecule has 98 valence electrons. The molecule has 0 radical (unpaired) electrons. The molecule has 0 heterocycles. The van der Waals surface area contributed by atoms with Crippen molar-refractivity contribution >= 4 is 9.84 Å². The summed E-state index contributed by atoms with van der Waals surface area (Å²) < 4.78 is 24.0. The number of hydrogen-bond donors (Lipinski definition) is 0. The summed E-state index contributed by atoms with van der Waals surface area (Å²) in [5.41, 5.74) is 2.31. The normalized spacial score (nSPS) is 11.8. The fourth-order valence-corrected chi connectivity index (χ4v) is 2.87. The summed E-state index contributed by atoms with van der Waals surface area (Å²) in [5.74, 6) is 0. The minimum Gasteiger partial charge on any atom is -0.219 e. The van der Waals surface area contributed by atoms with Gasteiger partial charge in [0.25, 0.3) is 0 Å². The van der Waals surface area contributed by atoms with Crippen molar-refractivity contribution in [3.05, 3.63) is 77.2 Å². The summed E-state index contributed by atoms with van der Waals surface area (Å²) in [6.45, 7) is 2.02. The zero-order valence-corrected chi connectivity index (χ0v) is 11.6. The van der Waals surface area contributed by atoms with Crippen LogP contribution in [0.1, 0.15) is 11.1 Å². The molecule has 0 saturated heterocycles. The molecule has 0 amide bonds. The van der Waals surface area contributed by atoms with Crippen LogP contribution < -0.4 is 0 Å². The molecule has 2 aromatic rings. The maximum absolute atomic E-state index is 12.0. The first-order chi connectivity index (χ1) is 9.09. The van der Waals surface area contributed by atoms with E-state index < -0.39 is 9.84 Å². The molecule has 2 aromatic carbocycles. The van der Waals surface area contributed by atoms with Gasteiger partial charge in [0.15, 0.2) is 9.84 Å². The Labute approximate surface area is 114 Å². The van der Waals surface area contributed by atoms with Crippen LogP contribution in [0.25, 0.3) is 0 Å². The van der Waals surface area contributed by atoms with Crippen molar-refractivity contribution in [3.8, 4) is 0 Å². The smallest absolute Gasteiger partial charge is 0.199 e. The second-order valence-corrected chi connectivity index (χ2v) is 6.19.